The van der Waals surface area contributed by atoms with Crippen LogP contribution in [0.5, 0.6) is 23.0 Å². The summed E-state index contributed by atoms with van der Waals surface area (Å²) in [5.41, 5.74) is 16.9. The Kier molecular flexibility index (Phi) is 8.45. The van der Waals surface area contributed by atoms with Gasteiger partial charge in [0.2, 0.25) is 0 Å². The summed E-state index contributed by atoms with van der Waals surface area (Å²) in [6.45, 7) is 8.33. The first-order chi connectivity index (χ1) is 29.6. The van der Waals surface area contributed by atoms with E-state index in [4.69, 9.17) is 9.47 Å². The minimum absolute atomic E-state index is 0.275. The number of benzene rings is 7. The number of hydrogen-bond acceptors (Lipinski definition) is 3. The second kappa shape index (κ2) is 14.2. The maximum Gasteiger partial charge on any atom is 0.194 e. The fourth-order valence-electron chi connectivity index (χ4n) is 10.2. The Morgan fingerprint density at radius 2 is 1.25 bits per heavy atom. The van der Waals surface area contributed by atoms with E-state index in [9.17, 15) is 0 Å². The van der Waals surface area contributed by atoms with Crippen LogP contribution < -0.4 is 14.4 Å². The maximum atomic E-state index is 7.25. The predicted molar refractivity (Wildman–Crippen MR) is 247 cm³/mol. The summed E-state index contributed by atoms with van der Waals surface area (Å²) in [5.74, 6) is 3.12. The molecule has 0 radical (unpaired) electrons. The highest BCUT2D eigenvalue weighted by Gasteiger charge is 2.54. The van der Waals surface area contributed by atoms with Crippen molar-refractivity contribution < 1.29 is 9.47 Å². The van der Waals surface area contributed by atoms with E-state index in [1.807, 2.05) is 12.1 Å². The molecule has 7 aromatic rings. The molecule has 0 saturated heterocycles. The van der Waals surface area contributed by atoms with Crippen molar-refractivity contribution in [2.45, 2.75) is 25.7 Å². The second-order valence-electron chi connectivity index (χ2n) is 15.9. The molecule has 0 saturated carbocycles. The minimum atomic E-state index is -0.560. The van der Waals surface area contributed by atoms with Gasteiger partial charge in [0, 0.05) is 22.9 Å². The van der Waals surface area contributed by atoms with Crippen molar-refractivity contribution in [1.82, 2.24) is 0 Å². The van der Waals surface area contributed by atoms with E-state index in [1.54, 1.807) is 0 Å². The van der Waals surface area contributed by atoms with E-state index in [0.717, 1.165) is 51.5 Å². The Balaban J connectivity index is 1.06. The smallest absolute Gasteiger partial charge is 0.194 e. The molecule has 1 unspecified atom stereocenters. The lowest BCUT2D eigenvalue weighted by atomic mass is 9.70. The van der Waals surface area contributed by atoms with E-state index in [0.29, 0.717) is 17.2 Å². The number of rotatable bonds is 7. The Morgan fingerprint density at radius 3 is 1.90 bits per heavy atom. The van der Waals surface area contributed by atoms with Crippen molar-refractivity contribution in [3.8, 4) is 56.4 Å². The molecule has 7 aromatic carbocycles. The summed E-state index contributed by atoms with van der Waals surface area (Å²) in [5, 5.41) is 0. The zero-order valence-electron chi connectivity index (χ0n) is 33.7. The monoisotopic (exact) mass is 773 g/mol. The van der Waals surface area contributed by atoms with Crippen LogP contribution in [0.3, 0.4) is 0 Å². The van der Waals surface area contributed by atoms with Crippen LogP contribution in [0.25, 0.3) is 39.0 Å². The average Bonchev–Trinajstić information content (AvgIpc) is 3.77. The number of para-hydroxylation sites is 1. The summed E-state index contributed by atoms with van der Waals surface area (Å²) < 4.78 is 14.4. The van der Waals surface area contributed by atoms with Gasteiger partial charge in [-0.05, 0) is 112 Å². The molecule has 288 valence electrons. The van der Waals surface area contributed by atoms with Crippen LogP contribution in [0.1, 0.15) is 48.1 Å². The molecule has 0 N–H and O–H groups in total. The average molecular weight is 774 g/mol. The SMILES string of the molecule is C=C/C(=C\C)c1ccccc1-c1ccc(N(/C(C)=C\C2C=CC=CC2)c2cccc3c2Oc2ccc4c(c2O3)C2(c3ccccc3-c3ccccc32)c2ccccc2-4)cc1. The molecule has 3 nitrogen and oxygen atoms in total. The third-order valence-corrected chi connectivity index (χ3v) is 12.7. The Morgan fingerprint density at radius 1 is 0.633 bits per heavy atom. The molecule has 0 fully saturated rings. The Labute approximate surface area is 352 Å². The summed E-state index contributed by atoms with van der Waals surface area (Å²) in [4.78, 5) is 2.31. The van der Waals surface area contributed by atoms with Crippen molar-refractivity contribution in [3.05, 3.63) is 234 Å². The molecule has 3 heteroatoms. The summed E-state index contributed by atoms with van der Waals surface area (Å²) in [6, 6.07) is 54.5. The van der Waals surface area contributed by atoms with Crippen LogP contribution in [0.15, 0.2) is 206 Å². The van der Waals surface area contributed by atoms with Gasteiger partial charge < -0.3 is 14.4 Å². The molecule has 0 aromatic heterocycles. The molecule has 60 heavy (non-hydrogen) atoms. The van der Waals surface area contributed by atoms with Crippen LogP contribution >= 0.6 is 0 Å². The zero-order valence-corrected chi connectivity index (χ0v) is 33.7. The lowest BCUT2D eigenvalue weighted by Gasteiger charge is -2.35. The number of allylic oxidation sites excluding steroid dienone is 9. The molecule has 1 atom stereocenters. The largest absolute Gasteiger partial charge is 0.449 e. The topological polar surface area (TPSA) is 21.7 Å². The van der Waals surface area contributed by atoms with E-state index in [1.165, 1.54) is 44.5 Å². The quantitative estimate of drug-likeness (QED) is 0.151. The van der Waals surface area contributed by atoms with Crippen LogP contribution in [0, 0.1) is 5.92 Å². The predicted octanol–water partition coefficient (Wildman–Crippen LogP) is 15.4. The molecule has 0 bridgehead atoms. The van der Waals surface area contributed by atoms with Crippen molar-refractivity contribution >= 4 is 16.9 Å². The molecule has 1 spiro atoms. The maximum absolute atomic E-state index is 7.25. The molecule has 0 amide bonds. The number of hydrogen-bond donors (Lipinski definition) is 0. The highest BCUT2D eigenvalue weighted by molar-refractivity contribution is 5.97. The normalized spacial score (nSPS) is 16.1. The van der Waals surface area contributed by atoms with Crippen molar-refractivity contribution in [2.24, 2.45) is 5.92 Å². The van der Waals surface area contributed by atoms with E-state index >= 15 is 0 Å². The van der Waals surface area contributed by atoms with Gasteiger partial charge in [0.1, 0.15) is 0 Å². The van der Waals surface area contributed by atoms with E-state index < -0.39 is 5.41 Å². The number of anilines is 2. The van der Waals surface area contributed by atoms with Gasteiger partial charge in [-0.1, -0.05) is 170 Å². The van der Waals surface area contributed by atoms with Crippen LogP contribution in [-0.4, -0.2) is 0 Å². The van der Waals surface area contributed by atoms with Gasteiger partial charge in [-0.2, -0.15) is 0 Å². The van der Waals surface area contributed by atoms with Crippen molar-refractivity contribution in [2.75, 3.05) is 4.90 Å². The van der Waals surface area contributed by atoms with Gasteiger partial charge in [-0.3, -0.25) is 0 Å². The Hall–Kier alpha value is -7.36. The molecular formula is C57H43NO2. The van der Waals surface area contributed by atoms with E-state index in [2.05, 4.69) is 207 Å². The third-order valence-electron chi connectivity index (χ3n) is 12.7. The first-order valence-corrected chi connectivity index (χ1v) is 20.9. The molecule has 1 heterocycles. The second-order valence-corrected chi connectivity index (χ2v) is 15.9. The highest BCUT2D eigenvalue weighted by atomic mass is 16.6. The molecule has 3 aliphatic carbocycles. The fraction of sp³-hybridized carbons (Fsp3) is 0.0877. The summed E-state index contributed by atoms with van der Waals surface area (Å²) >= 11 is 0. The van der Waals surface area contributed by atoms with Gasteiger partial charge in [0.15, 0.2) is 23.0 Å². The fourth-order valence-corrected chi connectivity index (χ4v) is 10.2. The summed E-state index contributed by atoms with van der Waals surface area (Å²) in [6.07, 6.45) is 16.1. The minimum Gasteiger partial charge on any atom is -0.449 e. The molecule has 4 aliphatic rings. The summed E-state index contributed by atoms with van der Waals surface area (Å²) in [7, 11) is 0. The third kappa shape index (κ3) is 5.29. The Bertz CT molecular complexity index is 2950. The van der Waals surface area contributed by atoms with Gasteiger partial charge in [0.25, 0.3) is 0 Å². The first kappa shape index (κ1) is 35.8. The number of fused-ring (bicyclic) bond motifs is 13. The molecule has 1 aliphatic heterocycles. The first-order valence-electron chi connectivity index (χ1n) is 20.9. The lowest BCUT2D eigenvalue weighted by molar-refractivity contribution is 0.355. The van der Waals surface area contributed by atoms with Gasteiger partial charge in [-0.25, -0.2) is 0 Å². The number of ether oxygens (including phenoxy) is 2. The molecule has 11 rings (SSSR count). The highest BCUT2D eigenvalue weighted by Crippen LogP contribution is 2.67. The lowest BCUT2D eigenvalue weighted by Crippen LogP contribution is -2.27. The van der Waals surface area contributed by atoms with Crippen LogP contribution in [0.4, 0.5) is 11.4 Å². The standard InChI is InChI=1S/C57H43NO2/c1-4-39(5-2)42-20-9-10-21-43(42)40-30-32-41(33-31-40)58(37(3)36-38-18-7-6-8-19-38)51-28-17-29-52-55(51)59-53-35-34-47-46-24-13-16-27-50(46)57(54(47)56(53)60-52)48-25-14-11-22-44(48)45-23-12-15-26-49(45)57/h4-18,20-36,38H,1,19H2,2-3H3/b37-36-,39-5+. The number of nitrogens with zero attached hydrogens (tertiary/aromatic N) is 1. The van der Waals surface area contributed by atoms with Crippen molar-refractivity contribution in [3.63, 3.8) is 0 Å². The van der Waals surface area contributed by atoms with Crippen molar-refractivity contribution in [1.29, 1.82) is 0 Å². The van der Waals surface area contributed by atoms with Gasteiger partial charge in [-0.15, -0.1) is 0 Å². The molecular weight excluding hydrogens is 731 g/mol. The van der Waals surface area contributed by atoms with Gasteiger partial charge >= 0.3 is 0 Å². The van der Waals surface area contributed by atoms with Crippen LogP contribution in [-0.2, 0) is 5.41 Å². The van der Waals surface area contributed by atoms with Crippen LogP contribution in [0.2, 0.25) is 0 Å². The zero-order chi connectivity index (χ0) is 40.4. The van der Waals surface area contributed by atoms with Gasteiger partial charge in [0.05, 0.1) is 11.1 Å². The van der Waals surface area contributed by atoms with E-state index in [-0.39, 0.29) is 5.92 Å².